The molecule has 1 heterocycles. The molecule has 34 heavy (non-hydrogen) atoms. The van der Waals surface area contributed by atoms with Crippen LogP contribution in [0, 0.1) is 0 Å². The summed E-state index contributed by atoms with van der Waals surface area (Å²) in [4.78, 5) is 21.4. The average molecular weight is 473 g/mol. The number of nitrogens with one attached hydrogen (secondary N) is 1. The molecule has 9 heteroatoms. The highest BCUT2D eigenvalue weighted by Gasteiger charge is 2.28. The summed E-state index contributed by atoms with van der Waals surface area (Å²) in [7, 11) is 0. The van der Waals surface area contributed by atoms with Crippen molar-refractivity contribution in [3.8, 4) is 28.4 Å². The summed E-state index contributed by atoms with van der Waals surface area (Å²) in [6, 6.07) is 14.0. The summed E-state index contributed by atoms with van der Waals surface area (Å²) in [5.41, 5.74) is 2.11. The summed E-state index contributed by atoms with van der Waals surface area (Å²) in [5.74, 6) is -0.269. The minimum atomic E-state index is -3.27. The Hall–Kier alpha value is -3.46. The van der Waals surface area contributed by atoms with Gasteiger partial charge >= 0.3 is 6.11 Å². The van der Waals surface area contributed by atoms with Crippen molar-refractivity contribution in [2.75, 3.05) is 13.2 Å². The molecule has 0 aliphatic heterocycles. The number of nitrogens with zero attached hydrogens (tertiary/aromatic N) is 2. The topological polar surface area (TPSA) is 84.3 Å². The highest BCUT2D eigenvalue weighted by Crippen LogP contribution is 2.29. The van der Waals surface area contributed by atoms with Crippen LogP contribution >= 0.6 is 0 Å². The molecule has 1 amide bonds. The standard InChI is InChI=1S/C25H26F3N3O3/c1-3-20(26)16-5-7-18(8-6-16)23-30-21(15-22(31-23)24(33)29-13-14-32)17-9-11-19(12-10-17)34-25(27,28)4-2/h5-12,15,20,32H,3-4,13-14H2,1-2H3,(H,29,33). The van der Waals surface area contributed by atoms with Crippen LogP contribution in [0.15, 0.2) is 54.6 Å². The van der Waals surface area contributed by atoms with Gasteiger partial charge in [-0.1, -0.05) is 38.1 Å². The van der Waals surface area contributed by atoms with E-state index in [9.17, 15) is 18.0 Å². The minimum Gasteiger partial charge on any atom is -0.433 e. The predicted molar refractivity (Wildman–Crippen MR) is 122 cm³/mol. The number of aliphatic hydroxyl groups is 1. The summed E-state index contributed by atoms with van der Waals surface area (Å²) >= 11 is 0. The van der Waals surface area contributed by atoms with Gasteiger partial charge in [0.25, 0.3) is 5.91 Å². The van der Waals surface area contributed by atoms with Gasteiger partial charge in [-0.25, -0.2) is 14.4 Å². The molecule has 2 N–H and O–H groups in total. The number of rotatable bonds is 10. The van der Waals surface area contributed by atoms with E-state index < -0.39 is 24.6 Å². The van der Waals surface area contributed by atoms with E-state index in [1.165, 1.54) is 25.1 Å². The summed E-state index contributed by atoms with van der Waals surface area (Å²) in [6.45, 7) is 2.89. The fourth-order valence-corrected chi connectivity index (χ4v) is 3.12. The minimum absolute atomic E-state index is 0.00178. The number of aliphatic hydroxyl groups excluding tert-OH is 1. The molecule has 0 radical (unpaired) electrons. The highest BCUT2D eigenvalue weighted by atomic mass is 19.3. The third-order valence-electron chi connectivity index (χ3n) is 5.07. The zero-order valence-electron chi connectivity index (χ0n) is 18.9. The van der Waals surface area contributed by atoms with Crippen molar-refractivity contribution >= 4 is 5.91 Å². The third-order valence-corrected chi connectivity index (χ3v) is 5.07. The monoisotopic (exact) mass is 473 g/mol. The molecular formula is C25H26F3N3O3. The molecular weight excluding hydrogens is 447 g/mol. The fraction of sp³-hybridized carbons (Fsp3) is 0.320. The number of aromatic nitrogens is 2. The van der Waals surface area contributed by atoms with Crippen molar-refractivity contribution < 1.29 is 27.8 Å². The molecule has 1 atom stereocenters. The Morgan fingerprint density at radius 3 is 2.29 bits per heavy atom. The van der Waals surface area contributed by atoms with Gasteiger partial charge in [-0.2, -0.15) is 8.78 Å². The van der Waals surface area contributed by atoms with Gasteiger partial charge in [0.1, 0.15) is 17.6 Å². The molecule has 180 valence electrons. The van der Waals surface area contributed by atoms with Crippen molar-refractivity contribution in [2.45, 2.75) is 39.0 Å². The number of hydrogen-bond donors (Lipinski definition) is 2. The van der Waals surface area contributed by atoms with Gasteiger partial charge < -0.3 is 15.2 Å². The number of hydrogen-bond acceptors (Lipinski definition) is 5. The first-order valence-corrected chi connectivity index (χ1v) is 11.0. The molecule has 0 fully saturated rings. The van der Waals surface area contributed by atoms with Crippen molar-refractivity contribution in [1.29, 1.82) is 0 Å². The van der Waals surface area contributed by atoms with Gasteiger partial charge in [0.05, 0.1) is 12.3 Å². The van der Waals surface area contributed by atoms with E-state index in [0.29, 0.717) is 28.8 Å². The Bertz CT molecular complexity index is 1110. The second-order valence-electron chi connectivity index (χ2n) is 7.56. The van der Waals surface area contributed by atoms with Crippen molar-refractivity contribution in [2.24, 2.45) is 0 Å². The summed E-state index contributed by atoms with van der Waals surface area (Å²) in [6.07, 6.45) is -4.47. The van der Waals surface area contributed by atoms with E-state index >= 15 is 0 Å². The molecule has 3 aromatic rings. The van der Waals surface area contributed by atoms with Crippen LogP contribution in [0.1, 0.15) is 48.9 Å². The number of carbonyl (C=O) groups excluding carboxylic acids is 1. The van der Waals surface area contributed by atoms with E-state index in [1.54, 1.807) is 43.3 Å². The maximum absolute atomic E-state index is 14.0. The van der Waals surface area contributed by atoms with Gasteiger partial charge in [0.15, 0.2) is 5.82 Å². The fourth-order valence-electron chi connectivity index (χ4n) is 3.12. The van der Waals surface area contributed by atoms with Crippen LogP contribution < -0.4 is 10.1 Å². The second kappa shape index (κ2) is 11.1. The van der Waals surface area contributed by atoms with Crippen LogP contribution in [-0.4, -0.2) is 40.2 Å². The van der Waals surface area contributed by atoms with Gasteiger partial charge in [0, 0.05) is 24.1 Å². The Morgan fingerprint density at radius 2 is 1.71 bits per heavy atom. The summed E-state index contributed by atoms with van der Waals surface area (Å²) < 4.78 is 45.7. The molecule has 3 rings (SSSR count). The zero-order valence-corrected chi connectivity index (χ0v) is 18.9. The van der Waals surface area contributed by atoms with Crippen molar-refractivity contribution in [3.05, 3.63) is 65.9 Å². The number of alkyl halides is 3. The first kappa shape index (κ1) is 25.2. The van der Waals surface area contributed by atoms with Crippen LogP contribution in [0.4, 0.5) is 13.2 Å². The molecule has 0 spiro atoms. The van der Waals surface area contributed by atoms with E-state index in [2.05, 4.69) is 15.3 Å². The molecule has 0 aliphatic carbocycles. The molecule has 6 nitrogen and oxygen atoms in total. The molecule has 2 aromatic carbocycles. The number of carbonyl (C=O) groups is 1. The Kier molecular flexibility index (Phi) is 8.22. The first-order valence-electron chi connectivity index (χ1n) is 11.0. The maximum atomic E-state index is 14.0. The van der Waals surface area contributed by atoms with E-state index in [-0.39, 0.29) is 30.4 Å². The maximum Gasteiger partial charge on any atom is 0.397 e. The summed E-state index contributed by atoms with van der Waals surface area (Å²) in [5, 5.41) is 11.5. The number of ether oxygens (including phenoxy) is 1. The Balaban J connectivity index is 1.99. The van der Waals surface area contributed by atoms with Gasteiger partial charge in [-0.3, -0.25) is 4.79 Å². The van der Waals surface area contributed by atoms with Crippen LogP contribution in [0.3, 0.4) is 0 Å². The molecule has 0 bridgehead atoms. The van der Waals surface area contributed by atoms with Crippen LogP contribution in [0.25, 0.3) is 22.6 Å². The van der Waals surface area contributed by atoms with Crippen molar-refractivity contribution in [1.82, 2.24) is 15.3 Å². The van der Waals surface area contributed by atoms with E-state index in [4.69, 9.17) is 9.84 Å². The van der Waals surface area contributed by atoms with E-state index in [0.717, 1.165) is 0 Å². The van der Waals surface area contributed by atoms with Gasteiger partial charge in [0.2, 0.25) is 0 Å². The van der Waals surface area contributed by atoms with E-state index in [1.807, 2.05) is 0 Å². The number of benzene rings is 2. The van der Waals surface area contributed by atoms with Crippen LogP contribution in [0.5, 0.6) is 5.75 Å². The lowest BCUT2D eigenvalue weighted by Gasteiger charge is -2.16. The zero-order chi connectivity index (χ0) is 24.7. The number of amides is 1. The lowest BCUT2D eigenvalue weighted by atomic mass is 10.1. The average Bonchev–Trinajstić information content (AvgIpc) is 2.86. The SMILES string of the molecule is CCC(F)c1ccc(-c2nc(C(=O)NCCO)cc(-c3ccc(OC(F)(F)CC)cc3)n2)cc1. The lowest BCUT2D eigenvalue weighted by Crippen LogP contribution is -2.27. The van der Waals surface area contributed by atoms with Crippen LogP contribution in [-0.2, 0) is 0 Å². The smallest absolute Gasteiger partial charge is 0.397 e. The normalized spacial score (nSPS) is 12.3. The molecule has 0 saturated heterocycles. The molecule has 0 aliphatic rings. The number of halogens is 3. The highest BCUT2D eigenvalue weighted by molar-refractivity contribution is 5.93. The largest absolute Gasteiger partial charge is 0.433 e. The second-order valence-corrected chi connectivity index (χ2v) is 7.56. The Labute approximate surface area is 195 Å². The predicted octanol–water partition coefficient (Wildman–Crippen LogP) is 5.33. The van der Waals surface area contributed by atoms with Crippen LogP contribution in [0.2, 0.25) is 0 Å². The van der Waals surface area contributed by atoms with Gasteiger partial charge in [-0.15, -0.1) is 0 Å². The lowest BCUT2D eigenvalue weighted by molar-refractivity contribution is -0.177. The quantitative estimate of drug-likeness (QED) is 0.416. The molecule has 1 unspecified atom stereocenters. The molecule has 1 aromatic heterocycles. The van der Waals surface area contributed by atoms with Gasteiger partial charge in [-0.05, 0) is 42.3 Å². The molecule has 0 saturated carbocycles. The third kappa shape index (κ3) is 6.32. The first-order chi connectivity index (χ1) is 16.3. The van der Waals surface area contributed by atoms with Crippen molar-refractivity contribution in [3.63, 3.8) is 0 Å². The Morgan fingerprint density at radius 1 is 1.06 bits per heavy atom.